The fourth-order valence-electron chi connectivity index (χ4n) is 1.47. The summed E-state index contributed by atoms with van der Waals surface area (Å²) in [5.74, 6) is 0.947. The minimum absolute atomic E-state index is 0.387. The Morgan fingerprint density at radius 1 is 0.889 bits per heavy atom. The molecule has 0 radical (unpaired) electrons. The molecule has 0 amide bonds. The van der Waals surface area contributed by atoms with E-state index in [0.29, 0.717) is 32.9 Å². The summed E-state index contributed by atoms with van der Waals surface area (Å²) < 4.78 is 5.63. The first kappa shape index (κ1) is 12.9. The Labute approximate surface area is 115 Å². The topological polar surface area (TPSA) is 61.3 Å². The molecule has 5 heteroatoms. The molecule has 0 saturated heterocycles. The van der Waals surface area contributed by atoms with E-state index in [1.165, 1.54) is 0 Å². The van der Waals surface area contributed by atoms with Crippen molar-refractivity contribution in [3.05, 3.63) is 45.9 Å². The SMILES string of the molecule is Cc1ccc(Oc2cc(N)c(N)cc2Cl)c(Cl)c1. The van der Waals surface area contributed by atoms with Gasteiger partial charge in [0.15, 0.2) is 0 Å². The maximum Gasteiger partial charge on any atom is 0.148 e. The summed E-state index contributed by atoms with van der Waals surface area (Å²) in [6.07, 6.45) is 0. The average molecular weight is 283 g/mol. The molecule has 0 saturated carbocycles. The second-order valence-corrected chi connectivity index (χ2v) is 4.76. The van der Waals surface area contributed by atoms with Gasteiger partial charge in [-0.2, -0.15) is 0 Å². The summed E-state index contributed by atoms with van der Waals surface area (Å²) in [5, 5.41) is 0.903. The van der Waals surface area contributed by atoms with Crippen molar-refractivity contribution in [2.75, 3.05) is 11.5 Å². The Morgan fingerprint density at radius 3 is 2.17 bits per heavy atom. The molecule has 2 aromatic carbocycles. The second-order valence-electron chi connectivity index (χ2n) is 3.95. The van der Waals surface area contributed by atoms with E-state index in [-0.39, 0.29) is 0 Å². The first-order valence-electron chi connectivity index (χ1n) is 5.26. The third kappa shape index (κ3) is 2.63. The van der Waals surface area contributed by atoms with E-state index >= 15 is 0 Å². The third-order valence-electron chi connectivity index (χ3n) is 2.44. The van der Waals surface area contributed by atoms with Crippen LogP contribution in [0.2, 0.25) is 10.0 Å². The van der Waals surface area contributed by atoms with Gasteiger partial charge in [0, 0.05) is 6.07 Å². The number of hydrogen-bond acceptors (Lipinski definition) is 3. The number of aryl methyl sites for hydroxylation is 1. The predicted molar refractivity (Wildman–Crippen MR) is 76.5 cm³/mol. The van der Waals surface area contributed by atoms with Crippen molar-refractivity contribution < 1.29 is 4.74 Å². The van der Waals surface area contributed by atoms with Crippen LogP contribution in [0.25, 0.3) is 0 Å². The molecule has 94 valence electrons. The van der Waals surface area contributed by atoms with Gasteiger partial charge in [0.05, 0.1) is 21.4 Å². The van der Waals surface area contributed by atoms with Gasteiger partial charge in [0.2, 0.25) is 0 Å². The lowest BCUT2D eigenvalue weighted by Crippen LogP contribution is -1.96. The molecule has 2 rings (SSSR count). The minimum Gasteiger partial charge on any atom is -0.454 e. The molecule has 18 heavy (non-hydrogen) atoms. The molecular weight excluding hydrogens is 271 g/mol. The van der Waals surface area contributed by atoms with Gasteiger partial charge in [-0.15, -0.1) is 0 Å². The highest BCUT2D eigenvalue weighted by molar-refractivity contribution is 6.33. The average Bonchev–Trinajstić information content (AvgIpc) is 2.29. The van der Waals surface area contributed by atoms with Crippen LogP contribution in [0.5, 0.6) is 11.5 Å². The fraction of sp³-hybridized carbons (Fsp3) is 0.0769. The van der Waals surface area contributed by atoms with Crippen molar-refractivity contribution in [1.29, 1.82) is 0 Å². The van der Waals surface area contributed by atoms with Gasteiger partial charge < -0.3 is 16.2 Å². The first-order chi connectivity index (χ1) is 8.47. The largest absolute Gasteiger partial charge is 0.454 e. The van der Waals surface area contributed by atoms with Gasteiger partial charge in [-0.1, -0.05) is 29.3 Å². The van der Waals surface area contributed by atoms with Crippen LogP contribution in [0.3, 0.4) is 0 Å². The van der Waals surface area contributed by atoms with Gasteiger partial charge in [0.25, 0.3) is 0 Å². The number of anilines is 2. The Morgan fingerprint density at radius 2 is 1.50 bits per heavy atom. The molecule has 0 fully saturated rings. The summed E-state index contributed by atoms with van der Waals surface area (Å²) in [7, 11) is 0. The molecule has 0 bridgehead atoms. The number of benzene rings is 2. The van der Waals surface area contributed by atoms with E-state index in [1.807, 2.05) is 19.1 Å². The highest BCUT2D eigenvalue weighted by Gasteiger charge is 2.09. The summed E-state index contributed by atoms with van der Waals surface area (Å²) in [6, 6.07) is 8.62. The molecular formula is C13H12Cl2N2O. The van der Waals surface area contributed by atoms with Crippen LogP contribution in [-0.4, -0.2) is 0 Å². The van der Waals surface area contributed by atoms with Crippen molar-refractivity contribution in [3.63, 3.8) is 0 Å². The molecule has 0 aromatic heterocycles. The van der Waals surface area contributed by atoms with E-state index < -0.39 is 0 Å². The Balaban J connectivity index is 2.37. The first-order valence-corrected chi connectivity index (χ1v) is 6.01. The zero-order valence-corrected chi connectivity index (χ0v) is 11.2. The molecule has 0 aliphatic carbocycles. The van der Waals surface area contributed by atoms with Gasteiger partial charge in [0.1, 0.15) is 11.5 Å². The summed E-state index contributed by atoms with van der Waals surface area (Å²) >= 11 is 12.1. The zero-order chi connectivity index (χ0) is 13.3. The lowest BCUT2D eigenvalue weighted by Gasteiger charge is -2.11. The maximum atomic E-state index is 6.08. The molecule has 0 unspecified atom stereocenters. The number of nitrogen functional groups attached to an aromatic ring is 2. The van der Waals surface area contributed by atoms with E-state index in [1.54, 1.807) is 18.2 Å². The van der Waals surface area contributed by atoms with Crippen LogP contribution in [0.1, 0.15) is 5.56 Å². The minimum atomic E-state index is 0.387. The fourth-order valence-corrected chi connectivity index (χ4v) is 1.95. The predicted octanol–water partition coefficient (Wildman–Crippen LogP) is 4.26. The van der Waals surface area contributed by atoms with E-state index in [9.17, 15) is 0 Å². The molecule has 0 heterocycles. The Hall–Kier alpha value is -1.58. The van der Waals surface area contributed by atoms with Crippen LogP contribution < -0.4 is 16.2 Å². The van der Waals surface area contributed by atoms with Gasteiger partial charge in [-0.25, -0.2) is 0 Å². The number of ether oxygens (including phenoxy) is 1. The monoisotopic (exact) mass is 282 g/mol. The smallest absolute Gasteiger partial charge is 0.148 e. The van der Waals surface area contributed by atoms with Crippen LogP contribution in [0.4, 0.5) is 11.4 Å². The molecule has 2 aromatic rings. The maximum absolute atomic E-state index is 6.08. The molecule has 3 nitrogen and oxygen atoms in total. The van der Waals surface area contributed by atoms with E-state index in [4.69, 9.17) is 39.4 Å². The van der Waals surface area contributed by atoms with Crippen molar-refractivity contribution in [2.24, 2.45) is 0 Å². The molecule has 0 aliphatic heterocycles. The standard InChI is InChI=1S/C13H12Cl2N2O/c1-7-2-3-12(8(14)4-7)18-13-6-11(17)10(16)5-9(13)15/h2-6H,16-17H2,1H3. The Kier molecular flexibility index (Phi) is 3.55. The Bertz CT molecular complexity index is 600. The van der Waals surface area contributed by atoms with Crippen LogP contribution in [0, 0.1) is 6.92 Å². The van der Waals surface area contributed by atoms with E-state index in [0.717, 1.165) is 5.56 Å². The van der Waals surface area contributed by atoms with Crippen molar-refractivity contribution in [2.45, 2.75) is 6.92 Å². The van der Waals surface area contributed by atoms with Gasteiger partial charge >= 0.3 is 0 Å². The molecule has 0 atom stereocenters. The lowest BCUT2D eigenvalue weighted by molar-refractivity contribution is 0.483. The van der Waals surface area contributed by atoms with Crippen LogP contribution >= 0.6 is 23.2 Å². The number of hydrogen-bond donors (Lipinski definition) is 2. The highest BCUT2D eigenvalue weighted by atomic mass is 35.5. The normalized spacial score (nSPS) is 10.4. The van der Waals surface area contributed by atoms with Crippen LogP contribution in [0.15, 0.2) is 30.3 Å². The zero-order valence-electron chi connectivity index (χ0n) is 9.71. The molecule has 0 aliphatic rings. The summed E-state index contributed by atoms with van der Waals surface area (Å²) in [6.45, 7) is 1.95. The van der Waals surface area contributed by atoms with E-state index in [2.05, 4.69) is 0 Å². The van der Waals surface area contributed by atoms with Crippen LogP contribution in [-0.2, 0) is 0 Å². The molecule has 4 N–H and O–H groups in total. The van der Waals surface area contributed by atoms with Gasteiger partial charge in [-0.05, 0) is 30.7 Å². The van der Waals surface area contributed by atoms with Gasteiger partial charge in [-0.3, -0.25) is 0 Å². The number of halogens is 2. The molecule has 0 spiro atoms. The lowest BCUT2D eigenvalue weighted by atomic mass is 10.2. The quantitative estimate of drug-likeness (QED) is 0.809. The highest BCUT2D eigenvalue weighted by Crippen LogP contribution is 2.37. The second kappa shape index (κ2) is 4.96. The van der Waals surface area contributed by atoms with Crippen molar-refractivity contribution in [3.8, 4) is 11.5 Å². The number of rotatable bonds is 2. The van der Waals surface area contributed by atoms with Crippen molar-refractivity contribution in [1.82, 2.24) is 0 Å². The summed E-state index contributed by atoms with van der Waals surface area (Å²) in [4.78, 5) is 0. The summed E-state index contributed by atoms with van der Waals surface area (Å²) in [5.41, 5.74) is 13.2. The van der Waals surface area contributed by atoms with Crippen molar-refractivity contribution >= 4 is 34.6 Å². The number of nitrogens with two attached hydrogens (primary N) is 2. The third-order valence-corrected chi connectivity index (χ3v) is 3.04.